The number of rotatable bonds is 7. The van der Waals surface area contributed by atoms with Crippen molar-refractivity contribution in [2.24, 2.45) is 0 Å². The summed E-state index contributed by atoms with van der Waals surface area (Å²) in [5.41, 5.74) is 2.66. The monoisotopic (exact) mass is 378 g/mol. The number of hydrogen-bond acceptors (Lipinski definition) is 4. The van der Waals surface area contributed by atoms with Crippen LogP contribution in [0.2, 0.25) is 0 Å². The van der Waals surface area contributed by atoms with Gasteiger partial charge in [-0.15, -0.1) is 0 Å². The predicted octanol–water partition coefficient (Wildman–Crippen LogP) is 5.61. The Morgan fingerprint density at radius 2 is 1.82 bits per heavy atom. The van der Waals surface area contributed by atoms with Crippen molar-refractivity contribution in [3.63, 3.8) is 0 Å². The highest BCUT2D eigenvalue weighted by atomic mass is 16.5. The van der Waals surface area contributed by atoms with Crippen LogP contribution in [0.4, 0.5) is 5.69 Å². The van der Waals surface area contributed by atoms with Crippen LogP contribution in [0.3, 0.4) is 0 Å². The Morgan fingerprint density at radius 1 is 1.11 bits per heavy atom. The highest BCUT2D eigenvalue weighted by molar-refractivity contribution is 5.91. The lowest BCUT2D eigenvalue weighted by atomic mass is 9.96. The number of anilines is 1. The number of oxazole rings is 1. The lowest BCUT2D eigenvalue weighted by Gasteiger charge is -2.15. The second-order valence-corrected chi connectivity index (χ2v) is 7.20. The molecule has 0 saturated heterocycles. The van der Waals surface area contributed by atoms with E-state index in [-0.39, 0.29) is 11.8 Å². The van der Waals surface area contributed by atoms with Crippen molar-refractivity contribution < 1.29 is 13.9 Å². The summed E-state index contributed by atoms with van der Waals surface area (Å²) in [4.78, 5) is 16.8. The summed E-state index contributed by atoms with van der Waals surface area (Å²) in [6.45, 7) is 6.15. The molecule has 5 nitrogen and oxygen atoms in total. The van der Waals surface area contributed by atoms with E-state index in [9.17, 15) is 4.79 Å². The van der Waals surface area contributed by atoms with Gasteiger partial charge in [-0.2, -0.15) is 0 Å². The molecule has 0 bridgehead atoms. The van der Waals surface area contributed by atoms with Crippen LogP contribution in [-0.4, -0.2) is 18.0 Å². The molecular formula is C23H26N2O3. The molecule has 0 saturated carbocycles. The van der Waals surface area contributed by atoms with E-state index in [4.69, 9.17) is 9.15 Å². The molecule has 2 aromatic carbocycles. The molecule has 0 spiro atoms. The van der Waals surface area contributed by atoms with Gasteiger partial charge in [0.15, 0.2) is 0 Å². The van der Waals surface area contributed by atoms with Gasteiger partial charge in [0.05, 0.1) is 13.3 Å². The van der Waals surface area contributed by atoms with Gasteiger partial charge >= 0.3 is 0 Å². The molecule has 5 heteroatoms. The highest BCUT2D eigenvalue weighted by Gasteiger charge is 2.15. The topological polar surface area (TPSA) is 64.4 Å². The van der Waals surface area contributed by atoms with Gasteiger partial charge in [0, 0.05) is 23.6 Å². The number of para-hydroxylation sites is 1. The minimum Gasteiger partial charge on any atom is -0.496 e. The molecule has 1 atom stereocenters. The summed E-state index contributed by atoms with van der Waals surface area (Å²) in [5, 5.41) is 2.95. The van der Waals surface area contributed by atoms with Crippen LogP contribution in [-0.2, 0) is 4.79 Å². The molecule has 0 aliphatic rings. The number of methoxy groups -OCH3 is 1. The second kappa shape index (κ2) is 8.74. The maximum atomic E-state index is 12.4. The minimum atomic E-state index is -0.0376. The van der Waals surface area contributed by atoms with Crippen LogP contribution < -0.4 is 10.1 Å². The van der Waals surface area contributed by atoms with Crippen LogP contribution in [0.1, 0.15) is 50.4 Å². The Morgan fingerprint density at radius 3 is 2.46 bits per heavy atom. The van der Waals surface area contributed by atoms with Crippen molar-refractivity contribution in [3.05, 3.63) is 66.1 Å². The van der Waals surface area contributed by atoms with Crippen molar-refractivity contribution >= 4 is 11.6 Å². The van der Waals surface area contributed by atoms with E-state index in [2.05, 4.69) is 24.1 Å². The fourth-order valence-electron chi connectivity index (χ4n) is 3.06. The summed E-state index contributed by atoms with van der Waals surface area (Å²) in [5.74, 6) is 2.56. The molecule has 1 amide bonds. The standard InChI is InChI=1S/C23H26N2O3/c1-15(2)21-14-24-23(28-21)17-9-11-18(12-10-17)25-22(26)13-16(3)19-7-5-6-8-20(19)27-4/h5-12,14-16H,13H2,1-4H3,(H,25,26). The van der Waals surface area contributed by atoms with Crippen LogP contribution in [0.5, 0.6) is 5.75 Å². The van der Waals surface area contributed by atoms with E-state index < -0.39 is 0 Å². The van der Waals surface area contributed by atoms with Crippen molar-refractivity contribution in [1.82, 2.24) is 4.98 Å². The van der Waals surface area contributed by atoms with Gasteiger partial charge in [-0.1, -0.05) is 39.0 Å². The first-order chi connectivity index (χ1) is 13.5. The third-order valence-electron chi connectivity index (χ3n) is 4.67. The number of carbonyl (C=O) groups excluding carboxylic acids is 1. The van der Waals surface area contributed by atoms with Gasteiger partial charge in [-0.3, -0.25) is 4.79 Å². The van der Waals surface area contributed by atoms with Gasteiger partial charge in [-0.25, -0.2) is 4.98 Å². The van der Waals surface area contributed by atoms with E-state index in [1.54, 1.807) is 13.3 Å². The molecule has 0 radical (unpaired) electrons. The average Bonchev–Trinajstić information content (AvgIpc) is 3.19. The van der Waals surface area contributed by atoms with Crippen LogP contribution >= 0.6 is 0 Å². The molecular weight excluding hydrogens is 352 g/mol. The Balaban J connectivity index is 1.62. The number of benzene rings is 2. The maximum absolute atomic E-state index is 12.4. The zero-order chi connectivity index (χ0) is 20.1. The Labute approximate surface area is 165 Å². The van der Waals surface area contributed by atoms with Crippen LogP contribution in [0.15, 0.2) is 59.1 Å². The normalized spacial score (nSPS) is 12.0. The number of ether oxygens (including phenoxy) is 1. The molecule has 1 unspecified atom stereocenters. The number of carbonyl (C=O) groups is 1. The van der Waals surface area contributed by atoms with Crippen molar-refractivity contribution in [3.8, 4) is 17.2 Å². The SMILES string of the molecule is COc1ccccc1C(C)CC(=O)Nc1ccc(-c2ncc(C(C)C)o2)cc1. The Kier molecular flexibility index (Phi) is 6.14. The van der Waals surface area contributed by atoms with Gasteiger partial charge in [0.25, 0.3) is 0 Å². The number of amides is 1. The lowest BCUT2D eigenvalue weighted by Crippen LogP contribution is -2.14. The number of aromatic nitrogens is 1. The molecule has 1 aromatic heterocycles. The first kappa shape index (κ1) is 19.7. The van der Waals surface area contributed by atoms with Gasteiger partial charge in [-0.05, 0) is 41.8 Å². The summed E-state index contributed by atoms with van der Waals surface area (Å²) in [7, 11) is 1.64. The first-order valence-corrected chi connectivity index (χ1v) is 9.47. The molecule has 146 valence electrons. The molecule has 1 N–H and O–H groups in total. The van der Waals surface area contributed by atoms with Gasteiger partial charge in [0.2, 0.25) is 11.8 Å². The van der Waals surface area contributed by atoms with E-state index in [1.807, 2.05) is 55.5 Å². The van der Waals surface area contributed by atoms with Crippen molar-refractivity contribution in [2.75, 3.05) is 12.4 Å². The van der Waals surface area contributed by atoms with Gasteiger partial charge < -0.3 is 14.5 Å². The van der Waals surface area contributed by atoms with Crippen molar-refractivity contribution in [2.45, 2.75) is 39.0 Å². The predicted molar refractivity (Wildman–Crippen MR) is 111 cm³/mol. The number of hydrogen-bond donors (Lipinski definition) is 1. The third kappa shape index (κ3) is 4.60. The van der Waals surface area contributed by atoms with Crippen LogP contribution in [0.25, 0.3) is 11.5 Å². The molecule has 0 aliphatic carbocycles. The minimum absolute atomic E-state index is 0.0376. The largest absolute Gasteiger partial charge is 0.496 e. The number of nitrogens with zero attached hydrogens (tertiary/aromatic N) is 1. The molecule has 1 heterocycles. The van der Waals surface area contributed by atoms with E-state index in [0.29, 0.717) is 18.2 Å². The summed E-state index contributed by atoms with van der Waals surface area (Å²) in [6, 6.07) is 15.3. The maximum Gasteiger partial charge on any atom is 0.226 e. The van der Waals surface area contributed by atoms with Crippen molar-refractivity contribution in [1.29, 1.82) is 0 Å². The number of nitrogens with one attached hydrogen (secondary N) is 1. The van der Waals surface area contributed by atoms with E-state index in [0.717, 1.165) is 28.3 Å². The van der Waals surface area contributed by atoms with E-state index in [1.165, 1.54) is 0 Å². The Hall–Kier alpha value is -3.08. The second-order valence-electron chi connectivity index (χ2n) is 7.20. The zero-order valence-electron chi connectivity index (χ0n) is 16.7. The molecule has 3 aromatic rings. The summed E-state index contributed by atoms with van der Waals surface area (Å²) >= 11 is 0. The zero-order valence-corrected chi connectivity index (χ0v) is 16.7. The average molecular weight is 378 g/mol. The summed E-state index contributed by atoms with van der Waals surface area (Å²) < 4.78 is 11.2. The fraction of sp³-hybridized carbons (Fsp3) is 0.304. The molecule has 0 aliphatic heterocycles. The van der Waals surface area contributed by atoms with Gasteiger partial charge in [0.1, 0.15) is 11.5 Å². The third-order valence-corrected chi connectivity index (χ3v) is 4.67. The first-order valence-electron chi connectivity index (χ1n) is 9.47. The molecule has 28 heavy (non-hydrogen) atoms. The molecule has 0 fully saturated rings. The smallest absolute Gasteiger partial charge is 0.226 e. The highest BCUT2D eigenvalue weighted by Crippen LogP contribution is 2.29. The van der Waals surface area contributed by atoms with E-state index >= 15 is 0 Å². The fourth-order valence-corrected chi connectivity index (χ4v) is 3.06. The summed E-state index contributed by atoms with van der Waals surface area (Å²) in [6.07, 6.45) is 2.13. The lowest BCUT2D eigenvalue weighted by molar-refractivity contribution is -0.116. The Bertz CT molecular complexity index is 929. The quantitative estimate of drug-likeness (QED) is 0.581. The molecule has 3 rings (SSSR count). The van der Waals surface area contributed by atoms with Crippen LogP contribution in [0, 0.1) is 0 Å².